The van der Waals surface area contributed by atoms with Crippen molar-refractivity contribution in [3.05, 3.63) is 52.5 Å². The van der Waals surface area contributed by atoms with Crippen molar-refractivity contribution in [3.8, 4) is 11.5 Å². The summed E-state index contributed by atoms with van der Waals surface area (Å²) >= 11 is 6.04. The number of hydrogen-bond acceptors (Lipinski definition) is 7. The Morgan fingerprint density at radius 1 is 1.16 bits per heavy atom. The number of nitrogens with zero attached hydrogens (tertiary/aromatic N) is 1. The van der Waals surface area contributed by atoms with Crippen LogP contribution in [0.2, 0.25) is 5.02 Å². The Labute approximate surface area is 184 Å². The summed E-state index contributed by atoms with van der Waals surface area (Å²) in [5.74, 6) is -0.216. The van der Waals surface area contributed by atoms with Gasteiger partial charge in [0.05, 0.1) is 15.5 Å². The van der Waals surface area contributed by atoms with Crippen LogP contribution in [0.4, 0.5) is 0 Å². The molecular formula is C20H21ClN2O7S. The van der Waals surface area contributed by atoms with Crippen LogP contribution in [0.1, 0.15) is 22.8 Å². The van der Waals surface area contributed by atoms with Gasteiger partial charge in [0.1, 0.15) is 0 Å². The van der Waals surface area contributed by atoms with Crippen molar-refractivity contribution < 1.29 is 32.2 Å². The van der Waals surface area contributed by atoms with Crippen LogP contribution in [0.15, 0.2) is 41.3 Å². The molecule has 1 aliphatic rings. The monoisotopic (exact) mass is 468 g/mol. The molecule has 0 fully saturated rings. The first kappa shape index (κ1) is 22.9. The van der Waals surface area contributed by atoms with Crippen molar-refractivity contribution in [2.24, 2.45) is 0 Å². The van der Waals surface area contributed by atoms with E-state index < -0.39 is 28.0 Å². The van der Waals surface area contributed by atoms with Gasteiger partial charge in [0.15, 0.2) is 17.6 Å². The number of benzene rings is 2. The van der Waals surface area contributed by atoms with Crippen molar-refractivity contribution in [2.45, 2.75) is 24.5 Å². The highest BCUT2D eigenvalue weighted by atomic mass is 35.5. The fourth-order valence-electron chi connectivity index (χ4n) is 2.69. The largest absolute Gasteiger partial charge is 0.454 e. The third-order valence-electron chi connectivity index (χ3n) is 4.49. The van der Waals surface area contributed by atoms with Crippen molar-refractivity contribution >= 4 is 33.5 Å². The first-order valence-corrected chi connectivity index (χ1v) is 11.0. The van der Waals surface area contributed by atoms with Gasteiger partial charge in [0, 0.05) is 20.6 Å². The first-order valence-electron chi connectivity index (χ1n) is 9.19. The van der Waals surface area contributed by atoms with E-state index in [1.165, 1.54) is 33.2 Å². The van der Waals surface area contributed by atoms with Gasteiger partial charge < -0.3 is 19.5 Å². The first-order chi connectivity index (χ1) is 14.6. The number of esters is 1. The number of ether oxygens (including phenoxy) is 3. The summed E-state index contributed by atoms with van der Waals surface area (Å²) in [5, 5.41) is 2.67. The van der Waals surface area contributed by atoms with Crippen LogP contribution in [0, 0.1) is 0 Å². The van der Waals surface area contributed by atoms with E-state index in [0.29, 0.717) is 11.5 Å². The van der Waals surface area contributed by atoms with Gasteiger partial charge >= 0.3 is 5.97 Å². The molecule has 1 aliphatic heterocycles. The van der Waals surface area contributed by atoms with Crippen LogP contribution in [0.25, 0.3) is 0 Å². The average Bonchev–Trinajstić information content (AvgIpc) is 3.19. The van der Waals surface area contributed by atoms with E-state index in [9.17, 15) is 18.0 Å². The van der Waals surface area contributed by atoms with Gasteiger partial charge in [0.2, 0.25) is 16.8 Å². The molecule has 9 nitrogen and oxygen atoms in total. The smallest absolute Gasteiger partial charge is 0.340 e. The van der Waals surface area contributed by atoms with Crippen molar-refractivity contribution in [1.82, 2.24) is 9.62 Å². The van der Waals surface area contributed by atoms with E-state index in [-0.39, 0.29) is 28.8 Å². The summed E-state index contributed by atoms with van der Waals surface area (Å²) in [6.07, 6.45) is -1.13. The third-order valence-corrected chi connectivity index (χ3v) is 6.63. The number of fused-ring (bicyclic) bond motifs is 1. The summed E-state index contributed by atoms with van der Waals surface area (Å²) in [6.45, 7) is 1.74. The van der Waals surface area contributed by atoms with Crippen LogP contribution in [-0.4, -0.2) is 51.6 Å². The van der Waals surface area contributed by atoms with Gasteiger partial charge in [-0.1, -0.05) is 17.7 Å². The highest BCUT2D eigenvalue weighted by molar-refractivity contribution is 7.89. The fraction of sp³-hybridized carbons (Fsp3) is 0.300. The molecular weight excluding hydrogens is 448 g/mol. The fourth-order valence-corrected chi connectivity index (χ4v) is 3.82. The van der Waals surface area contributed by atoms with Gasteiger partial charge in [-0.15, -0.1) is 0 Å². The summed E-state index contributed by atoms with van der Waals surface area (Å²) < 4.78 is 41.3. The highest BCUT2D eigenvalue weighted by Crippen LogP contribution is 2.32. The van der Waals surface area contributed by atoms with E-state index in [0.717, 1.165) is 15.9 Å². The maximum atomic E-state index is 12.5. The highest BCUT2D eigenvalue weighted by Gasteiger charge is 2.24. The van der Waals surface area contributed by atoms with Gasteiger partial charge in [-0.3, -0.25) is 4.79 Å². The lowest BCUT2D eigenvalue weighted by atomic mass is 10.2. The number of halogens is 1. The van der Waals surface area contributed by atoms with Crippen LogP contribution < -0.4 is 14.8 Å². The SMILES string of the molecule is C[C@@H](OC(=O)c1cc(S(=O)(=O)N(C)C)ccc1Cl)C(=O)NCc1ccc2c(c1)OCO2. The molecule has 1 atom stereocenters. The summed E-state index contributed by atoms with van der Waals surface area (Å²) in [7, 11) is -1.03. The second-order valence-electron chi connectivity index (χ2n) is 6.88. The zero-order valence-electron chi connectivity index (χ0n) is 17.0. The van der Waals surface area contributed by atoms with E-state index >= 15 is 0 Å². The Hall–Kier alpha value is -2.82. The van der Waals surface area contributed by atoms with E-state index in [2.05, 4.69) is 5.32 Å². The lowest BCUT2D eigenvalue weighted by Gasteiger charge is -2.16. The summed E-state index contributed by atoms with van der Waals surface area (Å²) in [4.78, 5) is 24.7. The number of carbonyl (C=O) groups excluding carboxylic acids is 2. The Morgan fingerprint density at radius 3 is 2.58 bits per heavy atom. The molecule has 2 aromatic carbocycles. The second-order valence-corrected chi connectivity index (χ2v) is 9.44. The summed E-state index contributed by atoms with van der Waals surface area (Å²) in [5.41, 5.74) is 0.626. The number of carbonyl (C=O) groups is 2. The maximum Gasteiger partial charge on any atom is 0.340 e. The molecule has 1 heterocycles. The number of hydrogen-bond donors (Lipinski definition) is 1. The predicted octanol–water partition coefficient (Wildman–Crippen LogP) is 2.18. The molecule has 0 spiro atoms. The minimum atomic E-state index is -3.77. The minimum absolute atomic E-state index is 0.00988. The van der Waals surface area contributed by atoms with E-state index in [1.54, 1.807) is 18.2 Å². The van der Waals surface area contributed by atoms with Crippen molar-refractivity contribution in [3.63, 3.8) is 0 Å². The van der Waals surface area contributed by atoms with Gasteiger partial charge in [-0.05, 0) is 42.8 Å². The molecule has 11 heteroatoms. The molecule has 0 aliphatic carbocycles. The predicted molar refractivity (Wildman–Crippen MR) is 112 cm³/mol. The zero-order valence-corrected chi connectivity index (χ0v) is 18.6. The molecule has 1 N–H and O–H groups in total. The zero-order chi connectivity index (χ0) is 22.8. The Morgan fingerprint density at radius 2 is 1.87 bits per heavy atom. The van der Waals surface area contributed by atoms with Crippen LogP contribution in [-0.2, 0) is 26.1 Å². The van der Waals surface area contributed by atoms with Gasteiger partial charge in [-0.25, -0.2) is 17.5 Å². The molecule has 0 radical (unpaired) electrons. The normalized spacial score (nSPS) is 13.7. The standard InChI is InChI=1S/C20H21ClN2O7S/c1-12(19(24)22-10-13-4-7-17-18(8-13)29-11-28-17)30-20(25)15-9-14(5-6-16(15)21)31(26,27)23(2)3/h4-9,12H,10-11H2,1-3H3,(H,22,24)/t12-/m1/s1. The second kappa shape index (κ2) is 9.13. The number of rotatable bonds is 7. The van der Waals surface area contributed by atoms with Gasteiger partial charge in [0.25, 0.3) is 5.91 Å². The van der Waals surface area contributed by atoms with Crippen molar-refractivity contribution in [2.75, 3.05) is 20.9 Å². The molecule has 31 heavy (non-hydrogen) atoms. The molecule has 1 amide bonds. The molecule has 2 aromatic rings. The molecule has 0 saturated heterocycles. The molecule has 0 aromatic heterocycles. The number of sulfonamides is 1. The molecule has 166 valence electrons. The lowest BCUT2D eigenvalue weighted by molar-refractivity contribution is -0.129. The summed E-state index contributed by atoms with van der Waals surface area (Å²) in [6, 6.07) is 8.97. The Kier molecular flexibility index (Phi) is 6.73. The topological polar surface area (TPSA) is 111 Å². The quantitative estimate of drug-likeness (QED) is 0.620. The average molecular weight is 469 g/mol. The third kappa shape index (κ3) is 5.09. The molecule has 0 saturated carbocycles. The number of nitrogens with one attached hydrogen (secondary N) is 1. The molecule has 0 bridgehead atoms. The molecule has 0 unspecified atom stereocenters. The maximum absolute atomic E-state index is 12.5. The molecule has 3 rings (SSSR count). The Balaban J connectivity index is 1.64. The van der Waals surface area contributed by atoms with Gasteiger partial charge in [-0.2, -0.15) is 0 Å². The van der Waals surface area contributed by atoms with Crippen molar-refractivity contribution in [1.29, 1.82) is 0 Å². The number of amides is 1. The Bertz CT molecular complexity index is 1120. The van der Waals surface area contributed by atoms with Crippen LogP contribution in [0.3, 0.4) is 0 Å². The van der Waals surface area contributed by atoms with Crippen LogP contribution in [0.5, 0.6) is 11.5 Å². The lowest BCUT2D eigenvalue weighted by Crippen LogP contribution is -2.35. The minimum Gasteiger partial charge on any atom is -0.454 e. The van der Waals surface area contributed by atoms with E-state index in [4.69, 9.17) is 25.8 Å². The van der Waals surface area contributed by atoms with E-state index in [1.807, 2.05) is 0 Å². The van der Waals surface area contributed by atoms with Crippen LogP contribution >= 0.6 is 11.6 Å².